The topological polar surface area (TPSA) is 58.8 Å². The minimum atomic E-state index is -0.420. The van der Waals surface area contributed by atoms with E-state index in [1.165, 1.54) is 0 Å². The van der Waals surface area contributed by atoms with Crippen LogP contribution in [0.4, 0.5) is 4.79 Å². The van der Waals surface area contributed by atoms with Gasteiger partial charge in [-0.05, 0) is 47.2 Å². The van der Waals surface area contributed by atoms with Crippen LogP contribution in [0.1, 0.15) is 34.1 Å². The van der Waals surface area contributed by atoms with Crippen LogP contribution in [0, 0.1) is 0 Å². The highest BCUT2D eigenvalue weighted by molar-refractivity contribution is 5.68. The standard InChI is InChI=1S/C13H27N3O2/c1-11-10-16(12(17)18-13(2,3)4)9-8-15(11)7-5-6-14/h11H,5-10,14H2,1-4H3/t11-/m0/s1. The lowest BCUT2D eigenvalue weighted by atomic mass is 10.2. The van der Waals surface area contributed by atoms with Crippen LogP contribution in [0.5, 0.6) is 0 Å². The molecule has 1 aliphatic rings. The third kappa shape index (κ3) is 4.82. The summed E-state index contributed by atoms with van der Waals surface area (Å²) < 4.78 is 5.39. The van der Waals surface area contributed by atoms with Crippen molar-refractivity contribution in [2.24, 2.45) is 5.73 Å². The molecule has 5 heteroatoms. The van der Waals surface area contributed by atoms with Crippen molar-refractivity contribution >= 4 is 6.09 Å². The summed E-state index contributed by atoms with van der Waals surface area (Å²) in [5, 5.41) is 0. The summed E-state index contributed by atoms with van der Waals surface area (Å²) >= 11 is 0. The number of ether oxygens (including phenoxy) is 1. The molecule has 1 fully saturated rings. The van der Waals surface area contributed by atoms with Crippen LogP contribution in [-0.4, -0.2) is 60.3 Å². The van der Waals surface area contributed by atoms with Gasteiger partial charge in [-0.3, -0.25) is 4.90 Å². The molecule has 0 spiro atoms. The van der Waals surface area contributed by atoms with Crippen molar-refractivity contribution < 1.29 is 9.53 Å². The lowest BCUT2D eigenvalue weighted by Gasteiger charge is -2.40. The molecule has 0 bridgehead atoms. The largest absolute Gasteiger partial charge is 0.444 e. The summed E-state index contributed by atoms with van der Waals surface area (Å²) in [5.41, 5.74) is 5.11. The number of amides is 1. The SMILES string of the molecule is C[C@H]1CN(C(=O)OC(C)(C)C)CCN1CCCN. The van der Waals surface area contributed by atoms with E-state index in [4.69, 9.17) is 10.5 Å². The van der Waals surface area contributed by atoms with E-state index < -0.39 is 5.60 Å². The molecular formula is C13H27N3O2. The second-order valence-corrected chi connectivity index (χ2v) is 5.95. The maximum absolute atomic E-state index is 11.9. The first-order valence-electron chi connectivity index (χ1n) is 6.75. The number of carbonyl (C=O) groups is 1. The number of nitrogens with zero attached hydrogens (tertiary/aromatic N) is 2. The van der Waals surface area contributed by atoms with Crippen molar-refractivity contribution in [3.63, 3.8) is 0 Å². The number of carbonyl (C=O) groups excluding carboxylic acids is 1. The zero-order chi connectivity index (χ0) is 13.8. The van der Waals surface area contributed by atoms with Crippen LogP contribution in [-0.2, 0) is 4.74 Å². The lowest BCUT2D eigenvalue weighted by molar-refractivity contribution is 0.00577. The third-order valence-electron chi connectivity index (χ3n) is 3.07. The average molecular weight is 257 g/mol. The first-order valence-corrected chi connectivity index (χ1v) is 6.75. The van der Waals surface area contributed by atoms with E-state index in [-0.39, 0.29) is 6.09 Å². The summed E-state index contributed by atoms with van der Waals surface area (Å²) in [4.78, 5) is 16.1. The molecule has 1 atom stereocenters. The molecule has 0 aliphatic carbocycles. The monoisotopic (exact) mass is 257 g/mol. The van der Waals surface area contributed by atoms with Crippen LogP contribution in [0.15, 0.2) is 0 Å². The Labute approximate surface area is 110 Å². The minimum Gasteiger partial charge on any atom is -0.444 e. The van der Waals surface area contributed by atoms with E-state index in [0.29, 0.717) is 6.04 Å². The summed E-state index contributed by atoms with van der Waals surface area (Å²) in [6.07, 6.45) is 0.810. The number of piperazine rings is 1. The van der Waals surface area contributed by atoms with Crippen LogP contribution in [0.2, 0.25) is 0 Å². The zero-order valence-corrected chi connectivity index (χ0v) is 12.1. The molecule has 5 nitrogen and oxygen atoms in total. The van der Waals surface area contributed by atoms with Gasteiger partial charge in [-0.2, -0.15) is 0 Å². The van der Waals surface area contributed by atoms with E-state index in [0.717, 1.165) is 39.1 Å². The Balaban J connectivity index is 2.43. The quantitative estimate of drug-likeness (QED) is 0.827. The Hall–Kier alpha value is -0.810. The molecule has 1 amide bonds. The molecule has 1 rings (SSSR count). The molecule has 0 radical (unpaired) electrons. The molecule has 0 aromatic rings. The Morgan fingerprint density at radius 3 is 2.56 bits per heavy atom. The van der Waals surface area contributed by atoms with Gasteiger partial charge in [0.25, 0.3) is 0 Å². The van der Waals surface area contributed by atoms with Gasteiger partial charge in [-0.25, -0.2) is 4.79 Å². The molecule has 1 aliphatic heterocycles. The second-order valence-electron chi connectivity index (χ2n) is 5.95. The summed E-state index contributed by atoms with van der Waals surface area (Å²) in [7, 11) is 0. The van der Waals surface area contributed by atoms with Gasteiger partial charge in [0.05, 0.1) is 0 Å². The molecule has 0 unspecified atom stereocenters. The van der Waals surface area contributed by atoms with Crippen molar-refractivity contribution in [3.8, 4) is 0 Å². The number of nitrogens with two attached hydrogens (primary N) is 1. The molecule has 1 heterocycles. The first-order chi connectivity index (χ1) is 8.33. The van der Waals surface area contributed by atoms with Gasteiger partial charge < -0.3 is 15.4 Å². The molecule has 0 aromatic carbocycles. The molecule has 0 aromatic heterocycles. The predicted molar refractivity (Wildman–Crippen MR) is 72.5 cm³/mol. The van der Waals surface area contributed by atoms with Gasteiger partial charge in [0.2, 0.25) is 0 Å². The van der Waals surface area contributed by atoms with Crippen molar-refractivity contribution in [1.29, 1.82) is 0 Å². The highest BCUT2D eigenvalue weighted by Crippen LogP contribution is 2.14. The second kappa shape index (κ2) is 6.38. The maximum Gasteiger partial charge on any atom is 0.410 e. The van der Waals surface area contributed by atoms with Crippen LogP contribution in [0.3, 0.4) is 0 Å². The fourth-order valence-corrected chi connectivity index (χ4v) is 2.11. The Morgan fingerprint density at radius 2 is 2.06 bits per heavy atom. The van der Waals surface area contributed by atoms with Gasteiger partial charge in [0, 0.05) is 25.7 Å². The number of hydrogen-bond donors (Lipinski definition) is 1. The Kier molecular flexibility index (Phi) is 5.41. The summed E-state index contributed by atoms with van der Waals surface area (Å²) in [6, 6.07) is 0.373. The number of rotatable bonds is 3. The van der Waals surface area contributed by atoms with E-state index in [2.05, 4.69) is 11.8 Å². The van der Waals surface area contributed by atoms with Crippen molar-refractivity contribution in [2.45, 2.75) is 45.8 Å². The average Bonchev–Trinajstić information content (AvgIpc) is 2.25. The van der Waals surface area contributed by atoms with Crippen LogP contribution >= 0.6 is 0 Å². The first kappa shape index (κ1) is 15.2. The predicted octanol–water partition coefficient (Wildman–Crippen LogP) is 1.28. The third-order valence-corrected chi connectivity index (χ3v) is 3.07. The van der Waals surface area contributed by atoms with Crippen LogP contribution in [0.25, 0.3) is 0 Å². The van der Waals surface area contributed by atoms with Crippen LogP contribution < -0.4 is 5.73 Å². The Bertz CT molecular complexity index is 276. The van der Waals surface area contributed by atoms with Gasteiger partial charge in [0.15, 0.2) is 0 Å². The van der Waals surface area contributed by atoms with E-state index in [9.17, 15) is 4.79 Å². The molecule has 106 valence electrons. The van der Waals surface area contributed by atoms with E-state index >= 15 is 0 Å². The fourth-order valence-electron chi connectivity index (χ4n) is 2.11. The number of hydrogen-bond acceptors (Lipinski definition) is 4. The highest BCUT2D eigenvalue weighted by Gasteiger charge is 2.29. The van der Waals surface area contributed by atoms with Gasteiger partial charge in [-0.15, -0.1) is 0 Å². The normalized spacial score (nSPS) is 22.1. The molecule has 18 heavy (non-hydrogen) atoms. The lowest BCUT2D eigenvalue weighted by Crippen LogP contribution is -2.54. The van der Waals surface area contributed by atoms with Gasteiger partial charge in [-0.1, -0.05) is 0 Å². The zero-order valence-electron chi connectivity index (χ0n) is 12.1. The summed E-state index contributed by atoms with van der Waals surface area (Å²) in [6.45, 7) is 11.9. The minimum absolute atomic E-state index is 0.201. The van der Waals surface area contributed by atoms with Gasteiger partial charge in [0.1, 0.15) is 5.60 Å². The van der Waals surface area contributed by atoms with E-state index in [1.807, 2.05) is 20.8 Å². The fraction of sp³-hybridized carbons (Fsp3) is 0.923. The van der Waals surface area contributed by atoms with Crippen molar-refractivity contribution in [2.75, 3.05) is 32.7 Å². The van der Waals surface area contributed by atoms with Gasteiger partial charge >= 0.3 is 6.09 Å². The molecule has 0 saturated carbocycles. The summed E-state index contributed by atoms with van der Waals surface area (Å²) in [5.74, 6) is 0. The van der Waals surface area contributed by atoms with Crippen molar-refractivity contribution in [3.05, 3.63) is 0 Å². The van der Waals surface area contributed by atoms with E-state index in [1.54, 1.807) is 4.90 Å². The Morgan fingerprint density at radius 1 is 1.39 bits per heavy atom. The van der Waals surface area contributed by atoms with Crippen molar-refractivity contribution in [1.82, 2.24) is 9.80 Å². The smallest absolute Gasteiger partial charge is 0.410 e. The molecule has 1 saturated heterocycles. The highest BCUT2D eigenvalue weighted by atomic mass is 16.6. The molecular weight excluding hydrogens is 230 g/mol. The maximum atomic E-state index is 11.9. The molecule has 2 N–H and O–H groups in total.